The molecule has 1 aliphatic rings. The van der Waals surface area contributed by atoms with Gasteiger partial charge >= 0.3 is 10.2 Å². The van der Waals surface area contributed by atoms with Crippen molar-refractivity contribution in [1.82, 2.24) is 4.31 Å². The highest BCUT2D eigenvalue weighted by molar-refractivity contribution is 7.88. The molecule has 0 radical (unpaired) electrons. The van der Waals surface area contributed by atoms with Crippen LogP contribution in [-0.2, 0) is 15.0 Å². The molecule has 84 valence electrons. The molecule has 5 nitrogen and oxygen atoms in total. The maximum absolute atomic E-state index is 11.6. The Hall–Kier alpha value is -1.47. The van der Waals surface area contributed by atoms with Gasteiger partial charge in [-0.2, -0.15) is 8.42 Å². The molecule has 0 saturated heterocycles. The predicted molar refractivity (Wildman–Crippen MR) is 61.7 cm³/mol. The lowest BCUT2D eigenvalue weighted by atomic mass is 10.2. The Kier molecular flexibility index (Phi) is 2.64. The summed E-state index contributed by atoms with van der Waals surface area (Å²) in [5.41, 5.74) is 0.383. The monoisotopic (exact) mass is 256 g/mol. The fraction of sp³-hybridized carbons (Fsp3) is 0.111. The zero-order valence-electron chi connectivity index (χ0n) is 8.32. The van der Waals surface area contributed by atoms with E-state index in [0.29, 0.717) is 12.0 Å². The van der Waals surface area contributed by atoms with E-state index in [2.05, 4.69) is 4.40 Å². The molecule has 0 N–H and O–H groups in total. The van der Waals surface area contributed by atoms with E-state index >= 15 is 0 Å². The molecular formula is C9H8N2O3S2. The highest BCUT2D eigenvalue weighted by Gasteiger charge is 2.25. The van der Waals surface area contributed by atoms with E-state index in [-0.39, 0.29) is 5.70 Å². The molecule has 2 rings (SSSR count). The second-order valence-electron chi connectivity index (χ2n) is 3.09. The number of hydrogen-bond donors (Lipinski definition) is 0. The molecule has 0 spiro atoms. The van der Waals surface area contributed by atoms with Crippen molar-refractivity contribution in [1.29, 1.82) is 0 Å². The number of carbonyl (C=O) groups excluding carboxylic acids is 1. The standard InChI is InChI=1S/C9H8N2O3S2/c1-11-7(6-12)5-8(10-16(11,13)14)9-3-2-4-15-9/h2-6H,1H3. The van der Waals surface area contributed by atoms with Crippen molar-refractivity contribution in [2.24, 2.45) is 4.40 Å². The summed E-state index contributed by atoms with van der Waals surface area (Å²) >= 11 is 1.37. The predicted octanol–water partition coefficient (Wildman–Crippen LogP) is 0.810. The number of thiophene rings is 1. The molecule has 1 aromatic heterocycles. The van der Waals surface area contributed by atoms with Crippen LogP contribution in [-0.4, -0.2) is 31.8 Å². The van der Waals surface area contributed by atoms with Crippen molar-refractivity contribution in [3.8, 4) is 0 Å². The molecule has 0 aromatic carbocycles. The van der Waals surface area contributed by atoms with Crippen LogP contribution in [0.5, 0.6) is 0 Å². The SMILES string of the molecule is CN1C(C=O)=CC(c2cccs2)=NS1(=O)=O. The van der Waals surface area contributed by atoms with Gasteiger partial charge in [-0.3, -0.25) is 9.10 Å². The summed E-state index contributed by atoms with van der Waals surface area (Å²) < 4.78 is 27.7. The fourth-order valence-electron chi connectivity index (χ4n) is 1.22. The summed E-state index contributed by atoms with van der Waals surface area (Å²) in [5.74, 6) is 0. The second-order valence-corrected chi connectivity index (χ2v) is 5.66. The van der Waals surface area contributed by atoms with Crippen LogP contribution in [0.25, 0.3) is 0 Å². The molecule has 7 heteroatoms. The minimum Gasteiger partial charge on any atom is -0.296 e. The van der Waals surface area contributed by atoms with Gasteiger partial charge < -0.3 is 0 Å². The normalized spacial score (nSPS) is 18.9. The Labute approximate surface area is 96.9 Å². The van der Waals surface area contributed by atoms with Gasteiger partial charge in [-0.15, -0.1) is 15.7 Å². The highest BCUT2D eigenvalue weighted by atomic mass is 32.2. The molecule has 0 bridgehead atoms. The quantitative estimate of drug-likeness (QED) is 0.735. The van der Waals surface area contributed by atoms with E-state index in [0.717, 1.165) is 9.18 Å². The number of likely N-dealkylation sites (N-methyl/N-ethyl adjacent to an activating group) is 1. The van der Waals surface area contributed by atoms with Gasteiger partial charge in [0.15, 0.2) is 6.29 Å². The summed E-state index contributed by atoms with van der Waals surface area (Å²) in [7, 11) is -2.47. The third kappa shape index (κ3) is 1.79. The third-order valence-corrected chi connectivity index (χ3v) is 4.33. The summed E-state index contributed by atoms with van der Waals surface area (Å²) in [6, 6.07) is 3.55. The third-order valence-electron chi connectivity index (χ3n) is 2.10. The molecule has 0 unspecified atom stereocenters. The molecule has 0 atom stereocenters. The Balaban J connectivity index is 2.56. The molecule has 16 heavy (non-hydrogen) atoms. The molecule has 2 heterocycles. The van der Waals surface area contributed by atoms with Crippen molar-refractivity contribution in [3.63, 3.8) is 0 Å². The van der Waals surface area contributed by atoms with Crippen molar-refractivity contribution in [2.45, 2.75) is 0 Å². The zero-order chi connectivity index (χ0) is 11.8. The average molecular weight is 256 g/mol. The van der Waals surface area contributed by atoms with Crippen molar-refractivity contribution < 1.29 is 13.2 Å². The van der Waals surface area contributed by atoms with E-state index < -0.39 is 10.2 Å². The number of hydrogen-bond acceptors (Lipinski definition) is 4. The second kappa shape index (κ2) is 3.84. The zero-order valence-corrected chi connectivity index (χ0v) is 9.96. The van der Waals surface area contributed by atoms with E-state index in [1.54, 1.807) is 12.1 Å². The molecule has 1 aliphatic heterocycles. The van der Waals surface area contributed by atoms with E-state index in [1.165, 1.54) is 24.5 Å². The Morgan fingerprint density at radius 2 is 2.25 bits per heavy atom. The maximum Gasteiger partial charge on any atom is 0.345 e. The van der Waals surface area contributed by atoms with Gasteiger partial charge in [-0.05, 0) is 17.5 Å². The largest absolute Gasteiger partial charge is 0.345 e. The van der Waals surface area contributed by atoms with E-state index in [4.69, 9.17) is 0 Å². The molecule has 0 amide bonds. The maximum atomic E-state index is 11.6. The topological polar surface area (TPSA) is 66.8 Å². The Morgan fingerprint density at radius 3 is 2.81 bits per heavy atom. The lowest BCUT2D eigenvalue weighted by Crippen LogP contribution is -2.30. The molecule has 0 aliphatic carbocycles. The van der Waals surface area contributed by atoms with Crippen LogP contribution in [0.1, 0.15) is 4.88 Å². The first-order valence-corrected chi connectivity index (χ1v) is 6.62. The summed E-state index contributed by atoms with van der Waals surface area (Å²) in [6.07, 6.45) is 1.96. The number of carbonyl (C=O) groups is 1. The van der Waals surface area contributed by atoms with Gasteiger partial charge in [0.05, 0.1) is 16.3 Å². The lowest BCUT2D eigenvalue weighted by Gasteiger charge is -2.20. The van der Waals surface area contributed by atoms with Crippen LogP contribution in [0.4, 0.5) is 0 Å². The first kappa shape index (κ1) is 11.0. The Bertz CT molecular complexity index is 570. The van der Waals surface area contributed by atoms with Crippen LogP contribution >= 0.6 is 11.3 Å². The average Bonchev–Trinajstić information content (AvgIpc) is 2.75. The number of nitrogens with zero attached hydrogens (tertiary/aromatic N) is 2. The van der Waals surface area contributed by atoms with Crippen LogP contribution in [0.3, 0.4) is 0 Å². The Morgan fingerprint density at radius 1 is 1.50 bits per heavy atom. The fourth-order valence-corrected chi connectivity index (χ4v) is 2.85. The summed E-state index contributed by atoms with van der Waals surface area (Å²) in [5, 5.41) is 1.82. The minimum atomic E-state index is -3.77. The van der Waals surface area contributed by atoms with Gasteiger partial charge in [0.25, 0.3) is 0 Å². The van der Waals surface area contributed by atoms with Gasteiger partial charge in [-0.1, -0.05) is 6.07 Å². The van der Waals surface area contributed by atoms with Gasteiger partial charge in [0.1, 0.15) is 0 Å². The first-order chi connectivity index (χ1) is 7.54. The minimum absolute atomic E-state index is 0.0819. The highest BCUT2D eigenvalue weighted by Crippen LogP contribution is 2.20. The van der Waals surface area contributed by atoms with Crippen molar-refractivity contribution in [3.05, 3.63) is 34.2 Å². The van der Waals surface area contributed by atoms with Crippen LogP contribution < -0.4 is 0 Å². The van der Waals surface area contributed by atoms with E-state index in [1.807, 2.05) is 5.38 Å². The number of aldehydes is 1. The van der Waals surface area contributed by atoms with Crippen molar-refractivity contribution >= 4 is 33.5 Å². The van der Waals surface area contributed by atoms with Crippen LogP contribution in [0.2, 0.25) is 0 Å². The molecular weight excluding hydrogens is 248 g/mol. The summed E-state index contributed by atoms with van der Waals surface area (Å²) in [6.45, 7) is 0. The van der Waals surface area contributed by atoms with Crippen molar-refractivity contribution in [2.75, 3.05) is 7.05 Å². The van der Waals surface area contributed by atoms with Crippen LogP contribution in [0.15, 0.2) is 33.7 Å². The van der Waals surface area contributed by atoms with E-state index in [9.17, 15) is 13.2 Å². The van der Waals surface area contributed by atoms with Gasteiger partial charge in [0.2, 0.25) is 0 Å². The summed E-state index contributed by atoms with van der Waals surface area (Å²) in [4.78, 5) is 11.5. The van der Waals surface area contributed by atoms with Gasteiger partial charge in [-0.25, -0.2) is 0 Å². The first-order valence-electron chi connectivity index (χ1n) is 4.34. The smallest absolute Gasteiger partial charge is 0.296 e. The van der Waals surface area contributed by atoms with Crippen LogP contribution in [0, 0.1) is 0 Å². The van der Waals surface area contributed by atoms with Gasteiger partial charge in [0, 0.05) is 7.05 Å². The lowest BCUT2D eigenvalue weighted by molar-refractivity contribution is -0.105. The molecule has 0 saturated carbocycles. The molecule has 1 aromatic rings. The number of allylic oxidation sites excluding steroid dienone is 2. The molecule has 0 fully saturated rings. The number of rotatable bonds is 2.